The second-order valence-electron chi connectivity index (χ2n) is 7.37. The largest absolute Gasteiger partial charge is 0.382 e. The fourth-order valence-corrected chi connectivity index (χ4v) is 3.65. The van der Waals surface area contributed by atoms with Gasteiger partial charge in [0.2, 0.25) is 5.95 Å². The smallest absolute Gasteiger partial charge is 0.224 e. The summed E-state index contributed by atoms with van der Waals surface area (Å²) in [5, 5.41) is 33.1. The number of aliphatic hydroxyl groups excluding tert-OH is 1. The number of hydrogen-bond donors (Lipinski definition) is 4. The van der Waals surface area contributed by atoms with E-state index in [0.29, 0.717) is 0 Å². The second-order valence-corrected chi connectivity index (χ2v) is 7.37. The van der Waals surface area contributed by atoms with Crippen molar-refractivity contribution in [2.75, 3.05) is 21.7 Å². The summed E-state index contributed by atoms with van der Waals surface area (Å²) in [6, 6.07) is 10.4. The van der Waals surface area contributed by atoms with Gasteiger partial charge in [0.05, 0.1) is 17.3 Å². The first kappa shape index (κ1) is 22.4. The number of nitrogen functional groups attached to an aromatic ring is 2. The molecule has 0 bridgehead atoms. The average molecular weight is 461 g/mol. The van der Waals surface area contributed by atoms with Crippen molar-refractivity contribution < 1.29 is 13.9 Å². The van der Waals surface area contributed by atoms with Crippen molar-refractivity contribution in [2.24, 2.45) is 4.99 Å². The second kappa shape index (κ2) is 8.61. The Labute approximate surface area is 192 Å². The fraction of sp³-hybridized carbons (Fsp3) is 0.136. The van der Waals surface area contributed by atoms with Crippen LogP contribution in [0.3, 0.4) is 0 Å². The molecule has 0 fully saturated rings. The normalized spacial score (nSPS) is 15.5. The fourth-order valence-electron chi connectivity index (χ4n) is 3.65. The number of anilines is 4. The molecule has 1 aromatic heterocycles. The third-order valence-corrected chi connectivity index (χ3v) is 5.11. The zero-order valence-electron chi connectivity index (χ0n) is 17.7. The predicted octanol–water partition coefficient (Wildman–Crippen LogP) is 2.70. The number of halogens is 2. The molecule has 170 valence electrons. The lowest BCUT2D eigenvalue weighted by Crippen LogP contribution is -2.46. The monoisotopic (exact) mass is 461 g/mol. The van der Waals surface area contributed by atoms with E-state index in [0.717, 1.165) is 12.1 Å². The molecule has 0 amide bonds. The van der Waals surface area contributed by atoms with E-state index >= 15 is 0 Å². The number of aromatic nitrogens is 2. The lowest BCUT2D eigenvalue weighted by atomic mass is 10.0. The van der Waals surface area contributed by atoms with E-state index in [1.165, 1.54) is 29.2 Å². The van der Waals surface area contributed by atoms with Crippen molar-refractivity contribution in [3.63, 3.8) is 0 Å². The third-order valence-electron chi connectivity index (χ3n) is 5.11. The minimum absolute atomic E-state index is 0.0155. The highest BCUT2D eigenvalue weighted by atomic mass is 19.1. The molecule has 0 saturated heterocycles. The average Bonchev–Trinajstić information content (AvgIpc) is 2.78. The van der Waals surface area contributed by atoms with E-state index < -0.39 is 23.9 Å². The molecule has 3 aromatic rings. The molecule has 0 aliphatic carbocycles. The van der Waals surface area contributed by atoms with E-state index in [9.17, 15) is 24.4 Å². The summed E-state index contributed by atoms with van der Waals surface area (Å²) >= 11 is 0. The molecule has 0 saturated carbocycles. The molecule has 2 unspecified atom stereocenters. The van der Waals surface area contributed by atoms with Crippen molar-refractivity contribution in [1.29, 1.82) is 10.5 Å². The number of nitrogens with zero attached hydrogens (tertiary/aromatic N) is 6. The lowest BCUT2D eigenvalue weighted by molar-refractivity contribution is 0.185. The van der Waals surface area contributed by atoms with Crippen LogP contribution in [0.2, 0.25) is 0 Å². The molecule has 0 spiro atoms. The van der Waals surface area contributed by atoms with Crippen molar-refractivity contribution in [3.05, 3.63) is 64.7 Å². The molecule has 2 aromatic carbocycles. The van der Waals surface area contributed by atoms with Crippen LogP contribution in [0.15, 0.2) is 41.4 Å². The van der Waals surface area contributed by atoms with Crippen molar-refractivity contribution in [1.82, 2.24) is 9.97 Å². The van der Waals surface area contributed by atoms with Crippen molar-refractivity contribution >= 4 is 34.8 Å². The maximum absolute atomic E-state index is 14.1. The molecular formula is C22H17F2N9O. The molecule has 1 aliphatic heterocycles. The summed E-state index contributed by atoms with van der Waals surface area (Å²) in [5.41, 5.74) is 11.6. The van der Waals surface area contributed by atoms with E-state index in [-0.39, 0.29) is 51.5 Å². The maximum atomic E-state index is 14.1. The number of amidine groups is 1. The number of nitrogens with one attached hydrogen (secondary N) is 1. The molecule has 2 heterocycles. The SMILES string of the molecule is CC(Nc1nc(N)nc(N)c1C#N)C1=Nc2c(C#N)cc(F)cc2C(O)N1c1cccc(F)c1. The highest BCUT2D eigenvalue weighted by Gasteiger charge is 2.35. The first-order valence-corrected chi connectivity index (χ1v) is 9.88. The Balaban J connectivity index is 1.88. The number of fused-ring (bicyclic) bond motifs is 1. The molecule has 4 rings (SSSR count). The van der Waals surface area contributed by atoms with Gasteiger partial charge in [0, 0.05) is 11.3 Å². The molecule has 10 nitrogen and oxygen atoms in total. The number of benzene rings is 2. The van der Waals surface area contributed by atoms with E-state index in [1.807, 2.05) is 12.1 Å². The third kappa shape index (κ3) is 3.90. The molecule has 6 N–H and O–H groups in total. The van der Waals surface area contributed by atoms with Gasteiger partial charge in [-0.1, -0.05) is 6.07 Å². The summed E-state index contributed by atoms with van der Waals surface area (Å²) in [6.07, 6.45) is -1.51. The number of hydrogen-bond acceptors (Lipinski definition) is 10. The molecule has 34 heavy (non-hydrogen) atoms. The van der Waals surface area contributed by atoms with E-state index in [4.69, 9.17) is 11.5 Å². The van der Waals surface area contributed by atoms with Gasteiger partial charge in [-0.2, -0.15) is 20.5 Å². The van der Waals surface area contributed by atoms with Crippen LogP contribution in [0.5, 0.6) is 0 Å². The zero-order chi connectivity index (χ0) is 24.6. The van der Waals surface area contributed by atoms with Crippen LogP contribution in [0.4, 0.5) is 37.7 Å². The summed E-state index contributed by atoms with van der Waals surface area (Å²) in [6.45, 7) is 1.63. The number of nitrogens with two attached hydrogens (primary N) is 2. The first-order chi connectivity index (χ1) is 16.2. The van der Waals surface area contributed by atoms with Crippen molar-refractivity contribution in [2.45, 2.75) is 19.2 Å². The van der Waals surface area contributed by atoms with Gasteiger partial charge < -0.3 is 21.9 Å². The summed E-state index contributed by atoms with van der Waals surface area (Å²) < 4.78 is 28.2. The minimum atomic E-state index is -1.51. The van der Waals surface area contributed by atoms with Crippen LogP contribution < -0.4 is 21.7 Å². The van der Waals surface area contributed by atoms with Gasteiger partial charge in [-0.3, -0.25) is 4.90 Å². The maximum Gasteiger partial charge on any atom is 0.224 e. The zero-order valence-corrected chi connectivity index (χ0v) is 17.7. The van der Waals surface area contributed by atoms with Gasteiger partial charge in [0.15, 0.2) is 12.0 Å². The van der Waals surface area contributed by atoms with Crippen LogP contribution in [0, 0.1) is 34.3 Å². The predicted molar refractivity (Wildman–Crippen MR) is 121 cm³/mol. The first-order valence-electron chi connectivity index (χ1n) is 9.88. The summed E-state index contributed by atoms with van der Waals surface area (Å²) in [5.74, 6) is -1.47. The van der Waals surface area contributed by atoms with E-state index in [1.54, 1.807) is 6.92 Å². The molecule has 2 atom stereocenters. The summed E-state index contributed by atoms with van der Waals surface area (Å²) in [7, 11) is 0. The molecule has 0 radical (unpaired) electrons. The van der Waals surface area contributed by atoms with Crippen LogP contribution in [0.1, 0.15) is 29.8 Å². The Kier molecular flexibility index (Phi) is 5.67. The molecule has 1 aliphatic rings. The standard InChI is InChI=1S/C22H17F2N9O/c1-10(29-19-16(9-26)18(27)31-22(28)32-19)20-30-17-11(8-25)5-13(24)7-15(17)21(34)33(20)14-4-2-3-12(23)6-14/h2-7,10,21,34H,1H3,(H5,27,28,29,31,32). The number of aliphatic hydroxyl groups is 1. The van der Waals surface area contributed by atoms with Gasteiger partial charge in [-0.05, 0) is 37.3 Å². The Bertz CT molecular complexity index is 1410. The van der Waals surface area contributed by atoms with Crippen molar-refractivity contribution in [3.8, 4) is 12.1 Å². The Hall–Kier alpha value is -4.81. The highest BCUT2D eigenvalue weighted by Crippen LogP contribution is 2.40. The van der Waals surface area contributed by atoms with Gasteiger partial charge in [-0.25, -0.2) is 13.8 Å². The Morgan fingerprint density at radius 1 is 1.12 bits per heavy atom. The Morgan fingerprint density at radius 2 is 1.88 bits per heavy atom. The van der Waals surface area contributed by atoms with Crippen LogP contribution in [0.25, 0.3) is 0 Å². The Morgan fingerprint density at radius 3 is 2.56 bits per heavy atom. The van der Waals surface area contributed by atoms with Crippen LogP contribution in [-0.2, 0) is 0 Å². The number of rotatable bonds is 4. The molecule has 12 heteroatoms. The number of aliphatic imine (C=N–C) groups is 1. The highest BCUT2D eigenvalue weighted by molar-refractivity contribution is 6.06. The van der Waals surface area contributed by atoms with Crippen LogP contribution in [-0.4, -0.2) is 27.0 Å². The van der Waals surface area contributed by atoms with Gasteiger partial charge >= 0.3 is 0 Å². The quantitative estimate of drug-likeness (QED) is 0.455. The lowest BCUT2D eigenvalue weighted by Gasteiger charge is -2.38. The van der Waals surface area contributed by atoms with Gasteiger partial charge in [0.1, 0.15) is 41.0 Å². The van der Waals surface area contributed by atoms with Gasteiger partial charge in [0.25, 0.3) is 0 Å². The van der Waals surface area contributed by atoms with Crippen LogP contribution >= 0.6 is 0 Å². The molecular weight excluding hydrogens is 444 g/mol. The summed E-state index contributed by atoms with van der Waals surface area (Å²) in [4.78, 5) is 13.6. The minimum Gasteiger partial charge on any atom is -0.382 e. The number of nitriles is 2. The topological polar surface area (TPSA) is 173 Å². The van der Waals surface area contributed by atoms with E-state index in [2.05, 4.69) is 20.3 Å². The van der Waals surface area contributed by atoms with Gasteiger partial charge in [-0.15, -0.1) is 0 Å².